The molecule has 0 spiro atoms. The first-order chi connectivity index (χ1) is 9.65. The Morgan fingerprint density at radius 2 is 2.05 bits per heavy atom. The molecule has 3 aromatic rings. The number of hydrogen-bond donors (Lipinski definition) is 2. The van der Waals surface area contributed by atoms with Crippen LogP contribution in [-0.4, -0.2) is 30.6 Å². The van der Waals surface area contributed by atoms with E-state index in [1.165, 1.54) is 10.7 Å². The second kappa shape index (κ2) is 4.65. The summed E-state index contributed by atoms with van der Waals surface area (Å²) in [7, 11) is 0. The molecule has 3 aromatic heterocycles. The molecule has 0 saturated carbocycles. The molecule has 3 heterocycles. The average Bonchev–Trinajstić information content (AvgIpc) is 2.78. The highest BCUT2D eigenvalue weighted by Gasteiger charge is 2.15. The number of amidine groups is 1. The Morgan fingerprint density at radius 1 is 1.30 bits per heavy atom. The van der Waals surface area contributed by atoms with E-state index in [0.29, 0.717) is 16.9 Å². The second-order valence-corrected chi connectivity index (χ2v) is 4.11. The lowest BCUT2D eigenvalue weighted by Gasteiger charge is -2.00. The minimum absolute atomic E-state index is 0.197. The van der Waals surface area contributed by atoms with E-state index in [1.807, 2.05) is 0 Å². The van der Waals surface area contributed by atoms with Crippen molar-refractivity contribution in [2.75, 3.05) is 0 Å². The lowest BCUT2D eigenvalue weighted by Crippen LogP contribution is -2.13. The van der Waals surface area contributed by atoms with E-state index >= 15 is 0 Å². The number of hydrogen-bond acceptors (Lipinski definition) is 5. The van der Waals surface area contributed by atoms with Crippen LogP contribution in [0.2, 0.25) is 0 Å². The number of nitrogens with one attached hydrogen (secondary N) is 1. The van der Waals surface area contributed by atoms with E-state index in [0.717, 1.165) is 6.20 Å². The topological polar surface area (TPSA) is 106 Å². The zero-order chi connectivity index (χ0) is 14.1. The van der Waals surface area contributed by atoms with Gasteiger partial charge < -0.3 is 5.73 Å². The molecule has 0 amide bonds. The predicted molar refractivity (Wildman–Crippen MR) is 69.6 cm³/mol. The Balaban J connectivity index is 2.14. The number of halogens is 1. The number of nitrogens with two attached hydrogens (primary N) is 1. The molecule has 0 fully saturated rings. The summed E-state index contributed by atoms with van der Waals surface area (Å²) in [4.78, 5) is 12.2. The Labute approximate surface area is 112 Å². The van der Waals surface area contributed by atoms with Crippen molar-refractivity contribution in [2.24, 2.45) is 5.73 Å². The monoisotopic (exact) mass is 271 g/mol. The molecule has 3 rings (SSSR count). The zero-order valence-corrected chi connectivity index (χ0v) is 10.3. The van der Waals surface area contributed by atoms with Crippen molar-refractivity contribution in [1.82, 2.24) is 24.7 Å². The molecule has 20 heavy (non-hydrogen) atoms. The molecular formula is C12H10FN7. The van der Waals surface area contributed by atoms with E-state index in [1.54, 1.807) is 18.5 Å². The Morgan fingerprint density at radius 3 is 2.75 bits per heavy atom. The molecule has 3 N–H and O–H groups in total. The van der Waals surface area contributed by atoms with Gasteiger partial charge in [-0.25, -0.2) is 24.0 Å². The van der Waals surface area contributed by atoms with E-state index in [2.05, 4.69) is 20.1 Å². The van der Waals surface area contributed by atoms with Gasteiger partial charge in [-0.3, -0.25) is 5.41 Å². The van der Waals surface area contributed by atoms with Crippen LogP contribution in [0.15, 0.2) is 30.7 Å². The third kappa shape index (κ3) is 2.07. The van der Waals surface area contributed by atoms with E-state index in [4.69, 9.17) is 11.1 Å². The van der Waals surface area contributed by atoms with Crippen LogP contribution < -0.4 is 5.73 Å². The number of rotatable bonds is 3. The summed E-state index contributed by atoms with van der Waals surface area (Å²) in [6.07, 6.45) is 4.33. The van der Waals surface area contributed by atoms with Gasteiger partial charge in [0, 0.05) is 12.4 Å². The lowest BCUT2D eigenvalue weighted by molar-refractivity contribution is 0.622. The summed E-state index contributed by atoms with van der Waals surface area (Å²) >= 11 is 0. The van der Waals surface area contributed by atoms with Crippen LogP contribution in [0.1, 0.15) is 11.5 Å². The van der Waals surface area contributed by atoms with Crippen molar-refractivity contribution in [3.05, 3.63) is 48.1 Å². The Kier molecular flexibility index (Phi) is 2.82. The molecule has 0 aromatic carbocycles. The lowest BCUT2D eigenvalue weighted by atomic mass is 10.2. The smallest absolute Gasteiger partial charge is 0.159 e. The highest BCUT2D eigenvalue weighted by Crippen LogP contribution is 2.17. The summed E-state index contributed by atoms with van der Waals surface area (Å²) in [5, 5.41) is 12.1. The summed E-state index contributed by atoms with van der Waals surface area (Å²) in [6.45, 7) is 0.267. The van der Waals surface area contributed by atoms with Crippen LogP contribution in [0.5, 0.6) is 0 Å². The average molecular weight is 271 g/mol. The number of pyridine rings is 1. The molecule has 0 aliphatic heterocycles. The van der Waals surface area contributed by atoms with Crippen LogP contribution in [0.3, 0.4) is 0 Å². The fourth-order valence-corrected chi connectivity index (χ4v) is 1.89. The quantitative estimate of drug-likeness (QED) is 0.538. The Bertz CT molecular complexity index is 781. The zero-order valence-electron chi connectivity index (χ0n) is 10.3. The van der Waals surface area contributed by atoms with Gasteiger partial charge in [0.2, 0.25) is 0 Å². The van der Waals surface area contributed by atoms with Crippen molar-refractivity contribution in [3.63, 3.8) is 0 Å². The molecule has 0 saturated heterocycles. The highest BCUT2D eigenvalue weighted by molar-refractivity contribution is 6.04. The van der Waals surface area contributed by atoms with E-state index < -0.39 is 5.82 Å². The fraction of sp³-hybridized carbons (Fsp3) is 0.0833. The maximum atomic E-state index is 13.3. The van der Waals surface area contributed by atoms with Crippen molar-refractivity contribution < 1.29 is 4.39 Å². The standard InChI is InChI=1S/C12H10FN7/c13-7-4-8-10(11(14)15)19-20(12(8)18-5-7)6-9-16-2-1-3-17-9/h1-5H,6H2,(H3,14,15). The van der Waals surface area contributed by atoms with Gasteiger partial charge in [0.1, 0.15) is 29.7 Å². The minimum atomic E-state index is -0.504. The van der Waals surface area contributed by atoms with Gasteiger partial charge in [0.25, 0.3) is 0 Å². The first-order valence-electron chi connectivity index (χ1n) is 5.77. The third-order valence-corrected chi connectivity index (χ3v) is 2.72. The fourth-order valence-electron chi connectivity index (χ4n) is 1.89. The minimum Gasteiger partial charge on any atom is -0.382 e. The largest absolute Gasteiger partial charge is 0.382 e. The molecular weight excluding hydrogens is 261 g/mol. The molecule has 0 atom stereocenters. The van der Waals surface area contributed by atoms with Gasteiger partial charge in [-0.05, 0) is 12.1 Å². The van der Waals surface area contributed by atoms with Gasteiger partial charge >= 0.3 is 0 Å². The third-order valence-electron chi connectivity index (χ3n) is 2.72. The van der Waals surface area contributed by atoms with Gasteiger partial charge in [-0.2, -0.15) is 5.10 Å². The highest BCUT2D eigenvalue weighted by atomic mass is 19.1. The molecule has 7 nitrogen and oxygen atoms in total. The Hall–Kier alpha value is -2.90. The molecule has 0 bridgehead atoms. The molecule has 8 heteroatoms. The molecule has 0 radical (unpaired) electrons. The molecule has 0 aliphatic carbocycles. The number of fused-ring (bicyclic) bond motifs is 1. The predicted octanol–water partition coefficient (Wildman–Crippen LogP) is 0.693. The van der Waals surface area contributed by atoms with Crippen molar-refractivity contribution in [1.29, 1.82) is 5.41 Å². The van der Waals surface area contributed by atoms with E-state index in [9.17, 15) is 4.39 Å². The SMILES string of the molecule is N=C(N)c1nn(Cc2ncccn2)c2ncc(F)cc12. The maximum absolute atomic E-state index is 13.3. The molecule has 0 aliphatic rings. The summed E-state index contributed by atoms with van der Waals surface area (Å²) < 4.78 is 14.8. The van der Waals surface area contributed by atoms with Gasteiger partial charge in [-0.1, -0.05) is 0 Å². The normalized spacial score (nSPS) is 10.8. The first kappa shape index (κ1) is 12.2. The van der Waals surface area contributed by atoms with Gasteiger partial charge in [0.05, 0.1) is 11.6 Å². The van der Waals surface area contributed by atoms with Crippen LogP contribution in [-0.2, 0) is 6.54 Å². The summed E-state index contributed by atoms with van der Waals surface area (Å²) in [6, 6.07) is 2.97. The number of nitrogen functional groups attached to an aromatic ring is 1. The summed E-state index contributed by atoms with van der Waals surface area (Å²) in [5.74, 6) is -0.205. The van der Waals surface area contributed by atoms with Crippen LogP contribution in [0.4, 0.5) is 4.39 Å². The van der Waals surface area contributed by atoms with Crippen LogP contribution in [0, 0.1) is 11.2 Å². The van der Waals surface area contributed by atoms with Gasteiger partial charge in [0.15, 0.2) is 5.65 Å². The van der Waals surface area contributed by atoms with Crippen molar-refractivity contribution in [3.8, 4) is 0 Å². The van der Waals surface area contributed by atoms with Crippen LogP contribution >= 0.6 is 0 Å². The first-order valence-corrected chi connectivity index (χ1v) is 5.77. The summed E-state index contributed by atoms with van der Waals surface area (Å²) in [5.41, 5.74) is 6.09. The second-order valence-electron chi connectivity index (χ2n) is 4.11. The number of nitrogens with zero attached hydrogens (tertiary/aromatic N) is 5. The van der Waals surface area contributed by atoms with Gasteiger partial charge in [-0.15, -0.1) is 0 Å². The molecule has 100 valence electrons. The maximum Gasteiger partial charge on any atom is 0.159 e. The van der Waals surface area contributed by atoms with Crippen molar-refractivity contribution in [2.45, 2.75) is 6.54 Å². The van der Waals surface area contributed by atoms with Crippen molar-refractivity contribution >= 4 is 16.9 Å². The van der Waals surface area contributed by atoms with Crippen LogP contribution in [0.25, 0.3) is 11.0 Å². The molecule has 0 unspecified atom stereocenters. The number of aromatic nitrogens is 5. The van der Waals surface area contributed by atoms with E-state index in [-0.39, 0.29) is 18.1 Å².